The SMILES string of the molecule is CCn1cnc(S(=O)(=O)NC2CCCCCC2C(=O)O)c1. The maximum atomic E-state index is 12.3. The zero-order valence-corrected chi connectivity index (χ0v) is 12.8. The molecule has 2 rings (SSSR count). The van der Waals surface area contributed by atoms with E-state index in [0.29, 0.717) is 19.4 Å². The lowest BCUT2D eigenvalue weighted by Crippen LogP contribution is -2.42. The van der Waals surface area contributed by atoms with Gasteiger partial charge in [-0.05, 0) is 19.8 Å². The van der Waals surface area contributed by atoms with E-state index in [-0.39, 0.29) is 5.03 Å². The molecule has 0 aliphatic heterocycles. The van der Waals surface area contributed by atoms with E-state index in [9.17, 15) is 18.3 Å². The molecule has 0 aromatic carbocycles. The molecule has 1 aromatic heterocycles. The van der Waals surface area contributed by atoms with Crippen LogP contribution in [0.15, 0.2) is 17.6 Å². The van der Waals surface area contributed by atoms with Gasteiger partial charge in [-0.3, -0.25) is 4.79 Å². The lowest BCUT2D eigenvalue weighted by Gasteiger charge is -2.22. The van der Waals surface area contributed by atoms with Crippen LogP contribution in [0.25, 0.3) is 0 Å². The van der Waals surface area contributed by atoms with Crippen LogP contribution in [-0.2, 0) is 21.4 Å². The number of nitrogens with zero attached hydrogens (tertiary/aromatic N) is 2. The molecule has 2 N–H and O–H groups in total. The summed E-state index contributed by atoms with van der Waals surface area (Å²) in [5.74, 6) is -1.61. The van der Waals surface area contributed by atoms with Gasteiger partial charge >= 0.3 is 5.97 Å². The van der Waals surface area contributed by atoms with Crippen LogP contribution in [-0.4, -0.2) is 35.1 Å². The highest BCUT2D eigenvalue weighted by Gasteiger charge is 2.33. The number of imidazole rings is 1. The van der Waals surface area contributed by atoms with Gasteiger partial charge in [0.05, 0.1) is 12.2 Å². The second-order valence-electron chi connectivity index (χ2n) is 5.35. The predicted octanol–water partition coefficient (Wildman–Crippen LogP) is 1.21. The summed E-state index contributed by atoms with van der Waals surface area (Å²) in [4.78, 5) is 15.2. The van der Waals surface area contributed by atoms with Crippen LogP contribution in [0.5, 0.6) is 0 Å². The molecule has 0 bridgehead atoms. The lowest BCUT2D eigenvalue weighted by atomic mass is 9.96. The van der Waals surface area contributed by atoms with Crippen LogP contribution in [0.4, 0.5) is 0 Å². The minimum Gasteiger partial charge on any atom is -0.481 e. The van der Waals surface area contributed by atoms with Crippen molar-refractivity contribution in [1.82, 2.24) is 14.3 Å². The fourth-order valence-electron chi connectivity index (χ4n) is 2.66. The number of rotatable bonds is 5. The highest BCUT2D eigenvalue weighted by molar-refractivity contribution is 7.89. The Kier molecular flexibility index (Phi) is 5.00. The molecule has 0 spiro atoms. The molecule has 7 nitrogen and oxygen atoms in total. The van der Waals surface area contributed by atoms with Gasteiger partial charge in [-0.2, -0.15) is 0 Å². The van der Waals surface area contributed by atoms with Crippen LogP contribution in [0.2, 0.25) is 0 Å². The van der Waals surface area contributed by atoms with Gasteiger partial charge in [-0.25, -0.2) is 18.1 Å². The topological polar surface area (TPSA) is 101 Å². The number of aliphatic carboxylic acids is 1. The first-order chi connectivity index (χ1) is 9.94. The second kappa shape index (κ2) is 6.57. The van der Waals surface area contributed by atoms with Gasteiger partial charge in [0.1, 0.15) is 0 Å². The van der Waals surface area contributed by atoms with Crippen LogP contribution >= 0.6 is 0 Å². The summed E-state index contributed by atoms with van der Waals surface area (Å²) >= 11 is 0. The summed E-state index contributed by atoms with van der Waals surface area (Å²) in [5, 5.41) is 9.23. The molecule has 0 radical (unpaired) electrons. The van der Waals surface area contributed by atoms with Gasteiger partial charge in [-0.15, -0.1) is 0 Å². The molecule has 1 aliphatic carbocycles. The summed E-state index contributed by atoms with van der Waals surface area (Å²) in [6, 6.07) is -0.568. The van der Waals surface area contributed by atoms with E-state index in [1.54, 1.807) is 4.57 Å². The van der Waals surface area contributed by atoms with Gasteiger partial charge in [-0.1, -0.05) is 19.3 Å². The Bertz CT molecular complexity index is 596. The minimum atomic E-state index is -3.78. The van der Waals surface area contributed by atoms with Crippen molar-refractivity contribution in [3.8, 4) is 0 Å². The van der Waals surface area contributed by atoms with Crippen LogP contribution < -0.4 is 4.72 Å². The maximum absolute atomic E-state index is 12.3. The zero-order chi connectivity index (χ0) is 15.5. The van der Waals surface area contributed by atoms with E-state index in [1.807, 2.05) is 6.92 Å². The van der Waals surface area contributed by atoms with Crippen molar-refractivity contribution in [3.05, 3.63) is 12.5 Å². The Balaban J connectivity index is 2.18. The van der Waals surface area contributed by atoms with E-state index < -0.39 is 28.0 Å². The highest BCUT2D eigenvalue weighted by atomic mass is 32.2. The molecule has 0 saturated heterocycles. The Hall–Kier alpha value is -1.41. The van der Waals surface area contributed by atoms with Crippen molar-refractivity contribution in [2.24, 2.45) is 5.92 Å². The summed E-state index contributed by atoms with van der Waals surface area (Å²) < 4.78 is 28.9. The number of carboxylic acid groups (broad SMARTS) is 1. The van der Waals surface area contributed by atoms with E-state index in [4.69, 9.17) is 0 Å². The molecule has 1 fully saturated rings. The summed E-state index contributed by atoms with van der Waals surface area (Å²) in [6.07, 6.45) is 6.55. The van der Waals surface area contributed by atoms with Crippen molar-refractivity contribution >= 4 is 16.0 Å². The third kappa shape index (κ3) is 3.82. The third-order valence-corrected chi connectivity index (χ3v) is 5.26. The first-order valence-electron chi connectivity index (χ1n) is 7.21. The monoisotopic (exact) mass is 315 g/mol. The predicted molar refractivity (Wildman–Crippen MR) is 76.2 cm³/mol. The first-order valence-corrected chi connectivity index (χ1v) is 8.69. The summed E-state index contributed by atoms with van der Waals surface area (Å²) in [6.45, 7) is 2.51. The third-order valence-electron chi connectivity index (χ3n) is 3.89. The van der Waals surface area contributed by atoms with E-state index in [2.05, 4.69) is 9.71 Å². The van der Waals surface area contributed by atoms with Crippen LogP contribution in [0.1, 0.15) is 39.0 Å². The standard InChI is InChI=1S/C13H21N3O4S/c1-2-16-8-12(14-9-16)21(19,20)15-11-7-5-3-4-6-10(11)13(17)18/h8-11,15H,2-7H2,1H3,(H,17,18). The molecule has 2 unspecified atom stereocenters. The molecule has 1 aromatic rings. The number of carboxylic acids is 1. The van der Waals surface area contributed by atoms with Gasteiger partial charge in [0.25, 0.3) is 10.0 Å². The largest absolute Gasteiger partial charge is 0.481 e. The Labute approximate surface area is 124 Å². The number of hydrogen-bond acceptors (Lipinski definition) is 4. The summed E-state index contributed by atoms with van der Waals surface area (Å²) in [7, 11) is -3.78. The number of hydrogen-bond donors (Lipinski definition) is 2. The van der Waals surface area contributed by atoms with Crippen LogP contribution in [0, 0.1) is 5.92 Å². The Morgan fingerprint density at radius 3 is 2.76 bits per heavy atom. The van der Waals surface area contributed by atoms with Crippen molar-refractivity contribution < 1.29 is 18.3 Å². The molecule has 118 valence electrons. The van der Waals surface area contributed by atoms with E-state index in [1.165, 1.54) is 12.5 Å². The average Bonchev–Trinajstić information content (AvgIpc) is 2.80. The fourth-order valence-corrected chi connectivity index (χ4v) is 3.92. The second-order valence-corrected chi connectivity index (χ2v) is 7.01. The molecule has 1 aliphatic rings. The number of carbonyl (C=O) groups is 1. The van der Waals surface area contributed by atoms with Crippen molar-refractivity contribution in [1.29, 1.82) is 0 Å². The average molecular weight is 315 g/mol. The molecule has 1 heterocycles. The number of aromatic nitrogens is 2. The molecule has 1 saturated carbocycles. The van der Waals surface area contributed by atoms with E-state index in [0.717, 1.165) is 19.3 Å². The maximum Gasteiger partial charge on any atom is 0.308 e. The fraction of sp³-hybridized carbons (Fsp3) is 0.692. The number of aryl methyl sites for hydroxylation is 1. The Morgan fingerprint density at radius 2 is 2.14 bits per heavy atom. The van der Waals surface area contributed by atoms with Crippen molar-refractivity contribution in [3.63, 3.8) is 0 Å². The Morgan fingerprint density at radius 1 is 1.43 bits per heavy atom. The molecule has 2 atom stereocenters. The van der Waals surface area contributed by atoms with Gasteiger partial charge in [0.15, 0.2) is 5.03 Å². The van der Waals surface area contributed by atoms with Gasteiger partial charge in [0, 0.05) is 18.8 Å². The summed E-state index contributed by atoms with van der Waals surface area (Å²) in [5.41, 5.74) is 0. The highest BCUT2D eigenvalue weighted by Crippen LogP contribution is 2.25. The smallest absolute Gasteiger partial charge is 0.308 e. The van der Waals surface area contributed by atoms with Crippen molar-refractivity contribution in [2.45, 2.75) is 56.6 Å². The molecule has 8 heteroatoms. The van der Waals surface area contributed by atoms with Gasteiger partial charge in [0.2, 0.25) is 0 Å². The number of sulfonamides is 1. The van der Waals surface area contributed by atoms with Gasteiger partial charge < -0.3 is 9.67 Å². The van der Waals surface area contributed by atoms with E-state index >= 15 is 0 Å². The molecule has 21 heavy (non-hydrogen) atoms. The van der Waals surface area contributed by atoms with Crippen LogP contribution in [0.3, 0.4) is 0 Å². The van der Waals surface area contributed by atoms with Crippen molar-refractivity contribution in [2.75, 3.05) is 0 Å². The first kappa shape index (κ1) is 16.0. The quantitative estimate of drug-likeness (QED) is 0.795. The lowest BCUT2D eigenvalue weighted by molar-refractivity contribution is -0.142. The molecular formula is C13H21N3O4S. The normalized spacial score (nSPS) is 23.7. The zero-order valence-electron chi connectivity index (χ0n) is 12.0. The molecular weight excluding hydrogens is 294 g/mol. The molecule has 0 amide bonds. The minimum absolute atomic E-state index is 0.0577. The number of nitrogens with one attached hydrogen (secondary N) is 1.